The molecule has 0 saturated heterocycles. The van der Waals surface area contributed by atoms with Gasteiger partial charge >= 0.3 is 0 Å². The summed E-state index contributed by atoms with van der Waals surface area (Å²) >= 11 is 0. The third-order valence-electron chi connectivity index (χ3n) is 4.43. The lowest BCUT2D eigenvalue weighted by Crippen LogP contribution is -2.18. The van der Waals surface area contributed by atoms with Crippen LogP contribution >= 0.6 is 0 Å². The van der Waals surface area contributed by atoms with Gasteiger partial charge < -0.3 is 9.30 Å². The normalized spacial score (nSPS) is 11.1. The molecular weight excluding hydrogens is 348 g/mol. The molecule has 0 bridgehead atoms. The number of nitrogens with zero attached hydrogens (tertiary/aromatic N) is 3. The summed E-state index contributed by atoms with van der Waals surface area (Å²) in [5.74, 6) is 0.242. The van der Waals surface area contributed by atoms with Crippen LogP contribution in [-0.2, 0) is 7.05 Å². The Balaban J connectivity index is 1.91. The summed E-state index contributed by atoms with van der Waals surface area (Å²) in [4.78, 5) is 23.2. The molecule has 3 rings (SSSR count). The zero-order valence-electron chi connectivity index (χ0n) is 15.1. The van der Waals surface area contributed by atoms with Crippen molar-refractivity contribution in [1.82, 2.24) is 9.99 Å². The van der Waals surface area contributed by atoms with Crippen molar-refractivity contribution in [2.45, 2.75) is 6.92 Å². The minimum Gasteiger partial charge on any atom is -0.497 e. The number of fused-ring (bicyclic) bond motifs is 1. The van der Waals surface area contributed by atoms with Gasteiger partial charge in [0.1, 0.15) is 5.75 Å². The number of aryl methyl sites for hydroxylation is 1. The van der Waals surface area contributed by atoms with Gasteiger partial charge in [-0.25, -0.2) is 5.43 Å². The lowest BCUT2D eigenvalue weighted by atomic mass is 10.1. The first kappa shape index (κ1) is 18.1. The fourth-order valence-electron chi connectivity index (χ4n) is 2.94. The van der Waals surface area contributed by atoms with Gasteiger partial charge in [-0.2, -0.15) is 5.10 Å². The molecule has 8 nitrogen and oxygen atoms in total. The van der Waals surface area contributed by atoms with E-state index in [1.165, 1.54) is 12.3 Å². The second-order valence-corrected chi connectivity index (χ2v) is 5.92. The van der Waals surface area contributed by atoms with Crippen molar-refractivity contribution in [3.63, 3.8) is 0 Å². The molecule has 0 aliphatic rings. The van der Waals surface area contributed by atoms with Crippen molar-refractivity contribution in [3.05, 3.63) is 69.4 Å². The van der Waals surface area contributed by atoms with E-state index < -0.39 is 10.8 Å². The average molecular weight is 366 g/mol. The predicted octanol–water partition coefficient (Wildman–Crippen LogP) is 3.17. The second-order valence-electron chi connectivity index (χ2n) is 5.92. The van der Waals surface area contributed by atoms with Gasteiger partial charge in [-0.3, -0.25) is 14.9 Å². The molecule has 8 heteroatoms. The van der Waals surface area contributed by atoms with Crippen LogP contribution in [0.4, 0.5) is 5.69 Å². The average Bonchev–Trinajstić information content (AvgIpc) is 2.92. The summed E-state index contributed by atoms with van der Waals surface area (Å²) in [6.07, 6.45) is 1.26. The lowest BCUT2D eigenvalue weighted by Gasteiger charge is -2.02. The van der Waals surface area contributed by atoms with E-state index in [1.807, 2.05) is 30.7 Å². The van der Waals surface area contributed by atoms with Crippen molar-refractivity contribution >= 4 is 28.7 Å². The summed E-state index contributed by atoms with van der Waals surface area (Å²) in [5.41, 5.74) is 4.82. The number of amides is 1. The Morgan fingerprint density at radius 2 is 2.04 bits per heavy atom. The molecular formula is C19H18N4O4. The molecule has 0 spiro atoms. The molecule has 0 saturated carbocycles. The monoisotopic (exact) mass is 366 g/mol. The Morgan fingerprint density at radius 3 is 2.74 bits per heavy atom. The van der Waals surface area contributed by atoms with E-state index >= 15 is 0 Å². The number of methoxy groups -OCH3 is 1. The largest absolute Gasteiger partial charge is 0.497 e. The van der Waals surface area contributed by atoms with Crippen LogP contribution in [0.1, 0.15) is 21.6 Å². The number of aromatic nitrogens is 1. The van der Waals surface area contributed by atoms with Crippen molar-refractivity contribution in [2.24, 2.45) is 12.1 Å². The highest BCUT2D eigenvalue weighted by Gasteiger charge is 2.19. The van der Waals surface area contributed by atoms with Crippen LogP contribution in [0.5, 0.6) is 5.75 Å². The Labute approximate surface area is 155 Å². The minimum absolute atomic E-state index is 0.0819. The van der Waals surface area contributed by atoms with Gasteiger partial charge in [0.2, 0.25) is 0 Å². The van der Waals surface area contributed by atoms with Gasteiger partial charge in [0.15, 0.2) is 0 Å². The van der Waals surface area contributed by atoms with E-state index in [1.54, 1.807) is 31.4 Å². The standard InChI is InChI=1S/C19H18N4O4/c1-12-18(15-10-14(27-3)8-9-17(15)22(12)2)19(24)21-20-11-13-6-4-5-7-16(13)23(25)26/h4-11H,1-3H3,(H,21,24). The van der Waals surface area contributed by atoms with Crippen LogP contribution in [0.25, 0.3) is 10.9 Å². The van der Waals surface area contributed by atoms with Gasteiger partial charge in [-0.05, 0) is 31.2 Å². The van der Waals surface area contributed by atoms with Crippen molar-refractivity contribution in [3.8, 4) is 5.75 Å². The topological polar surface area (TPSA) is 98.8 Å². The fourth-order valence-corrected chi connectivity index (χ4v) is 2.94. The fraction of sp³-hybridized carbons (Fsp3) is 0.158. The van der Waals surface area contributed by atoms with Crippen LogP contribution in [-0.4, -0.2) is 28.7 Å². The van der Waals surface area contributed by atoms with Crippen LogP contribution < -0.4 is 10.2 Å². The Hall–Kier alpha value is -3.68. The number of para-hydroxylation sites is 1. The first-order valence-corrected chi connectivity index (χ1v) is 8.14. The van der Waals surface area contributed by atoms with Gasteiger partial charge in [0, 0.05) is 29.7 Å². The van der Waals surface area contributed by atoms with Crippen LogP contribution in [0.15, 0.2) is 47.6 Å². The molecule has 1 heterocycles. The van der Waals surface area contributed by atoms with E-state index in [9.17, 15) is 14.9 Å². The molecule has 0 unspecified atom stereocenters. The summed E-state index contributed by atoms with van der Waals surface area (Å²) in [6, 6.07) is 11.7. The summed E-state index contributed by atoms with van der Waals surface area (Å²) in [6.45, 7) is 1.84. The molecule has 1 N–H and O–H groups in total. The van der Waals surface area contributed by atoms with E-state index in [0.717, 1.165) is 16.6 Å². The molecule has 138 valence electrons. The molecule has 3 aromatic rings. The first-order valence-electron chi connectivity index (χ1n) is 8.14. The second kappa shape index (κ2) is 7.28. The molecule has 0 aliphatic heterocycles. The Morgan fingerprint density at radius 1 is 1.30 bits per heavy atom. The number of rotatable bonds is 5. The number of hydrazone groups is 1. The number of nitro groups is 1. The lowest BCUT2D eigenvalue weighted by molar-refractivity contribution is -0.385. The maximum atomic E-state index is 12.7. The molecule has 1 aromatic heterocycles. The smallest absolute Gasteiger partial charge is 0.278 e. The molecule has 0 aliphatic carbocycles. The van der Waals surface area contributed by atoms with Gasteiger partial charge in [-0.15, -0.1) is 0 Å². The molecule has 0 atom stereocenters. The SMILES string of the molecule is COc1ccc2c(c1)c(C(=O)NN=Cc1ccccc1[N+](=O)[O-])c(C)n2C. The summed E-state index contributed by atoms with van der Waals surface area (Å²) in [7, 11) is 3.44. The predicted molar refractivity (Wildman–Crippen MR) is 102 cm³/mol. The number of ether oxygens (including phenoxy) is 1. The molecule has 0 radical (unpaired) electrons. The quantitative estimate of drug-likeness (QED) is 0.426. The number of carbonyl (C=O) groups is 1. The summed E-state index contributed by atoms with van der Waals surface area (Å²) in [5, 5.41) is 15.7. The molecule has 1 amide bonds. The zero-order valence-corrected chi connectivity index (χ0v) is 15.1. The molecule has 27 heavy (non-hydrogen) atoms. The zero-order chi connectivity index (χ0) is 19.6. The van der Waals surface area contributed by atoms with Gasteiger partial charge in [0.25, 0.3) is 11.6 Å². The van der Waals surface area contributed by atoms with Crippen LogP contribution in [0, 0.1) is 17.0 Å². The van der Waals surface area contributed by atoms with E-state index in [2.05, 4.69) is 10.5 Å². The highest BCUT2D eigenvalue weighted by molar-refractivity contribution is 6.09. The number of nitro benzene ring substituents is 1. The van der Waals surface area contributed by atoms with E-state index in [-0.39, 0.29) is 5.69 Å². The van der Waals surface area contributed by atoms with Gasteiger partial charge in [0.05, 0.1) is 29.4 Å². The first-order chi connectivity index (χ1) is 12.9. The van der Waals surface area contributed by atoms with Crippen molar-refractivity contribution in [2.75, 3.05) is 7.11 Å². The number of nitrogens with one attached hydrogen (secondary N) is 1. The number of hydrogen-bond donors (Lipinski definition) is 1. The maximum Gasteiger partial charge on any atom is 0.278 e. The van der Waals surface area contributed by atoms with Crippen LogP contribution in [0.2, 0.25) is 0 Å². The maximum absolute atomic E-state index is 12.7. The molecule has 2 aromatic carbocycles. The third-order valence-corrected chi connectivity index (χ3v) is 4.43. The minimum atomic E-state index is -0.496. The van der Waals surface area contributed by atoms with E-state index in [4.69, 9.17) is 4.74 Å². The van der Waals surface area contributed by atoms with Crippen LogP contribution in [0.3, 0.4) is 0 Å². The number of hydrogen-bond acceptors (Lipinski definition) is 5. The number of benzene rings is 2. The van der Waals surface area contributed by atoms with Gasteiger partial charge in [-0.1, -0.05) is 12.1 Å². The van der Waals surface area contributed by atoms with Crippen molar-refractivity contribution < 1.29 is 14.5 Å². The highest BCUT2D eigenvalue weighted by Crippen LogP contribution is 2.28. The third kappa shape index (κ3) is 3.37. The number of carbonyl (C=O) groups excluding carboxylic acids is 1. The van der Waals surface area contributed by atoms with Crippen molar-refractivity contribution in [1.29, 1.82) is 0 Å². The summed E-state index contributed by atoms with van der Waals surface area (Å²) < 4.78 is 7.16. The highest BCUT2D eigenvalue weighted by atomic mass is 16.6. The van der Waals surface area contributed by atoms with E-state index in [0.29, 0.717) is 16.9 Å². The Bertz CT molecular complexity index is 1070. The molecule has 0 fully saturated rings. The Kier molecular flexibility index (Phi) is 4.89.